The highest BCUT2D eigenvalue weighted by Gasteiger charge is 2.15. The van der Waals surface area contributed by atoms with Crippen LogP contribution in [0.3, 0.4) is 0 Å². The van der Waals surface area contributed by atoms with Crippen LogP contribution in [0.25, 0.3) is 0 Å². The maximum absolute atomic E-state index is 5.49. The quantitative estimate of drug-likeness (QED) is 0.563. The van der Waals surface area contributed by atoms with Crippen molar-refractivity contribution in [1.29, 1.82) is 0 Å². The molecular weight excluding hydrogens is 248 g/mol. The van der Waals surface area contributed by atoms with Crippen LogP contribution in [-0.4, -0.2) is 65.1 Å². The summed E-state index contributed by atoms with van der Waals surface area (Å²) < 4.78 is 27.3. The molecule has 2 unspecified atom stereocenters. The average Bonchev–Trinajstić information content (AvgIpc) is 3.10. The van der Waals surface area contributed by atoms with E-state index in [-0.39, 0.29) is 0 Å². The van der Waals surface area contributed by atoms with Crippen molar-refractivity contribution in [3.05, 3.63) is 0 Å². The first-order valence-corrected chi connectivity index (χ1v) is 7.41. The van der Waals surface area contributed by atoms with E-state index in [1.165, 1.54) is 0 Å². The second-order valence-electron chi connectivity index (χ2n) is 5.03. The third-order valence-corrected chi connectivity index (χ3v) is 3.40. The van der Waals surface area contributed by atoms with Crippen LogP contribution >= 0.6 is 0 Å². The highest BCUT2D eigenvalue weighted by Crippen LogP contribution is 2.12. The van der Waals surface area contributed by atoms with E-state index >= 15 is 0 Å². The lowest BCUT2D eigenvalue weighted by Gasteiger charge is -2.11. The van der Waals surface area contributed by atoms with Crippen LogP contribution in [0, 0.1) is 0 Å². The summed E-state index contributed by atoms with van der Waals surface area (Å²) in [6.45, 7) is 5.65. The van der Waals surface area contributed by atoms with Gasteiger partial charge < -0.3 is 23.7 Å². The van der Waals surface area contributed by atoms with Crippen molar-refractivity contribution in [1.82, 2.24) is 0 Å². The molecule has 2 aliphatic heterocycles. The van der Waals surface area contributed by atoms with E-state index in [2.05, 4.69) is 0 Å². The highest BCUT2D eigenvalue weighted by molar-refractivity contribution is 4.63. The van der Waals surface area contributed by atoms with Crippen LogP contribution in [0.4, 0.5) is 0 Å². The van der Waals surface area contributed by atoms with E-state index in [1.807, 2.05) is 0 Å². The summed E-state index contributed by atoms with van der Waals surface area (Å²) in [4.78, 5) is 0. The van der Waals surface area contributed by atoms with Gasteiger partial charge in [0.2, 0.25) is 0 Å². The lowest BCUT2D eigenvalue weighted by molar-refractivity contribution is -0.0288. The molecular formula is C14H26O5. The molecule has 0 spiro atoms. The summed E-state index contributed by atoms with van der Waals surface area (Å²) in [6, 6.07) is 0. The Morgan fingerprint density at radius 2 is 1.16 bits per heavy atom. The van der Waals surface area contributed by atoms with E-state index < -0.39 is 0 Å². The molecule has 0 aromatic rings. The van der Waals surface area contributed by atoms with Gasteiger partial charge in [0.05, 0.1) is 51.8 Å². The monoisotopic (exact) mass is 274 g/mol. The van der Waals surface area contributed by atoms with Crippen molar-refractivity contribution in [2.45, 2.75) is 37.9 Å². The maximum atomic E-state index is 5.49. The highest BCUT2D eigenvalue weighted by atomic mass is 16.6. The fourth-order valence-corrected chi connectivity index (χ4v) is 2.32. The minimum absolute atomic E-state index is 0.301. The van der Waals surface area contributed by atoms with Crippen LogP contribution in [0.2, 0.25) is 0 Å². The zero-order valence-electron chi connectivity index (χ0n) is 11.7. The molecule has 5 heteroatoms. The van der Waals surface area contributed by atoms with Crippen LogP contribution < -0.4 is 0 Å². The number of hydrogen-bond acceptors (Lipinski definition) is 5. The summed E-state index contributed by atoms with van der Waals surface area (Å²) in [7, 11) is 0. The Morgan fingerprint density at radius 1 is 0.684 bits per heavy atom. The molecule has 2 rings (SSSR count). The van der Waals surface area contributed by atoms with Gasteiger partial charge in [0, 0.05) is 13.2 Å². The fourth-order valence-electron chi connectivity index (χ4n) is 2.32. The molecule has 2 heterocycles. The van der Waals surface area contributed by atoms with Gasteiger partial charge >= 0.3 is 0 Å². The number of rotatable bonds is 10. The first-order chi connectivity index (χ1) is 9.45. The Balaban J connectivity index is 1.28. The van der Waals surface area contributed by atoms with Crippen molar-refractivity contribution < 1.29 is 23.7 Å². The van der Waals surface area contributed by atoms with Crippen molar-refractivity contribution in [3.8, 4) is 0 Å². The van der Waals surface area contributed by atoms with Gasteiger partial charge in [-0.25, -0.2) is 0 Å². The van der Waals surface area contributed by atoms with E-state index in [0.29, 0.717) is 51.8 Å². The van der Waals surface area contributed by atoms with Crippen LogP contribution in [0.1, 0.15) is 25.7 Å². The first kappa shape index (κ1) is 15.2. The molecule has 112 valence electrons. The predicted octanol–water partition coefficient (Wildman–Crippen LogP) is 1.39. The van der Waals surface area contributed by atoms with Crippen LogP contribution in [0.15, 0.2) is 0 Å². The van der Waals surface area contributed by atoms with Gasteiger partial charge in [-0.2, -0.15) is 0 Å². The minimum Gasteiger partial charge on any atom is -0.377 e. The Kier molecular flexibility index (Phi) is 7.73. The van der Waals surface area contributed by atoms with Crippen molar-refractivity contribution in [3.63, 3.8) is 0 Å². The SMILES string of the molecule is C1COC(COCCOCCOCC2CCCO2)C1. The maximum Gasteiger partial charge on any atom is 0.0809 e. The third kappa shape index (κ3) is 6.68. The van der Waals surface area contributed by atoms with Crippen molar-refractivity contribution in [2.24, 2.45) is 0 Å². The molecule has 5 nitrogen and oxygen atoms in total. The molecule has 0 aromatic carbocycles. The Labute approximate surface area is 115 Å². The van der Waals surface area contributed by atoms with Gasteiger partial charge in [0.25, 0.3) is 0 Å². The minimum atomic E-state index is 0.301. The summed E-state index contributed by atoms with van der Waals surface area (Å²) in [5.41, 5.74) is 0. The van der Waals surface area contributed by atoms with Gasteiger partial charge in [0.15, 0.2) is 0 Å². The summed E-state index contributed by atoms with van der Waals surface area (Å²) in [5.74, 6) is 0. The van der Waals surface area contributed by atoms with Gasteiger partial charge in [-0.3, -0.25) is 0 Å². The molecule has 0 aliphatic carbocycles. The van der Waals surface area contributed by atoms with E-state index in [4.69, 9.17) is 23.7 Å². The standard InChI is InChI=1S/C14H26O5/c1-3-13(18-5-1)11-16-9-7-15-8-10-17-12-14-4-2-6-19-14/h13-14H,1-12H2. The lowest BCUT2D eigenvalue weighted by Crippen LogP contribution is -2.18. The molecule has 2 aliphatic rings. The van der Waals surface area contributed by atoms with Crippen LogP contribution in [-0.2, 0) is 23.7 Å². The smallest absolute Gasteiger partial charge is 0.0809 e. The molecule has 0 saturated carbocycles. The molecule has 0 N–H and O–H groups in total. The average molecular weight is 274 g/mol. The zero-order valence-corrected chi connectivity index (χ0v) is 11.7. The lowest BCUT2D eigenvalue weighted by atomic mass is 10.2. The molecule has 2 fully saturated rings. The third-order valence-electron chi connectivity index (χ3n) is 3.40. The Hall–Kier alpha value is -0.200. The molecule has 0 amide bonds. The molecule has 0 radical (unpaired) electrons. The first-order valence-electron chi connectivity index (χ1n) is 7.41. The van der Waals surface area contributed by atoms with Crippen LogP contribution in [0.5, 0.6) is 0 Å². The predicted molar refractivity (Wildman–Crippen MR) is 70.4 cm³/mol. The number of hydrogen-bond donors (Lipinski definition) is 0. The largest absolute Gasteiger partial charge is 0.377 e. The fraction of sp³-hybridized carbons (Fsp3) is 1.00. The van der Waals surface area contributed by atoms with Gasteiger partial charge in [-0.05, 0) is 25.7 Å². The second-order valence-corrected chi connectivity index (χ2v) is 5.03. The normalized spacial score (nSPS) is 27.2. The molecule has 19 heavy (non-hydrogen) atoms. The summed E-state index contributed by atoms with van der Waals surface area (Å²) >= 11 is 0. The molecule has 2 atom stereocenters. The Morgan fingerprint density at radius 3 is 1.58 bits per heavy atom. The Bertz CT molecular complexity index is 190. The second kappa shape index (κ2) is 9.66. The molecule has 0 bridgehead atoms. The van der Waals surface area contributed by atoms with Gasteiger partial charge in [-0.1, -0.05) is 0 Å². The van der Waals surface area contributed by atoms with Crippen molar-refractivity contribution in [2.75, 3.05) is 52.9 Å². The topological polar surface area (TPSA) is 46.2 Å². The molecule has 0 aromatic heterocycles. The number of ether oxygens (including phenoxy) is 5. The summed E-state index contributed by atoms with van der Waals surface area (Å²) in [5, 5.41) is 0. The van der Waals surface area contributed by atoms with Gasteiger partial charge in [0.1, 0.15) is 0 Å². The zero-order chi connectivity index (χ0) is 13.2. The van der Waals surface area contributed by atoms with Crippen molar-refractivity contribution >= 4 is 0 Å². The summed E-state index contributed by atoms with van der Waals surface area (Å²) in [6.07, 6.45) is 5.17. The molecule has 2 saturated heterocycles. The van der Waals surface area contributed by atoms with E-state index in [9.17, 15) is 0 Å². The van der Waals surface area contributed by atoms with E-state index in [0.717, 1.165) is 38.9 Å². The van der Waals surface area contributed by atoms with Gasteiger partial charge in [-0.15, -0.1) is 0 Å². The van der Waals surface area contributed by atoms with E-state index in [1.54, 1.807) is 0 Å².